The molecule has 2 aromatic rings. The molecule has 1 aliphatic heterocycles. The number of rotatable bonds is 6. The van der Waals surface area contributed by atoms with Crippen LogP contribution in [0.1, 0.15) is 26.8 Å². The van der Waals surface area contributed by atoms with E-state index in [0.29, 0.717) is 0 Å². The monoisotopic (exact) mass is 520 g/mol. The number of carbonyl (C=O) groups is 3. The second kappa shape index (κ2) is 10.7. The second-order valence-corrected chi connectivity index (χ2v) is 8.24. The highest BCUT2D eigenvalue weighted by molar-refractivity contribution is 6.31. The topological polar surface area (TPSA) is 106 Å². The van der Waals surface area contributed by atoms with Gasteiger partial charge in [-0.1, -0.05) is 23.2 Å². The number of aromatic nitrogens is 2. The molecule has 2 heterocycles. The lowest BCUT2D eigenvalue weighted by molar-refractivity contribution is -0.213. The molecule has 184 valence electrons. The molecule has 34 heavy (non-hydrogen) atoms. The van der Waals surface area contributed by atoms with E-state index in [1.54, 1.807) is 0 Å². The predicted molar refractivity (Wildman–Crippen MR) is 114 cm³/mol. The fraction of sp³-hybridized carbons (Fsp3) is 0.429. The number of alkyl halides is 1. The molecule has 1 saturated heterocycles. The SMILES string of the molecule is CC(=O)OCC1O[C@@H](Cl)C(OC(C)=O)C(n2cc(-c3cc(F)c(Cl)c(F)c3)cn2)[C@H]1OC(C)=O. The molecule has 0 N–H and O–H groups in total. The Morgan fingerprint density at radius 2 is 1.62 bits per heavy atom. The Hall–Kier alpha value is -2.76. The van der Waals surface area contributed by atoms with Crippen molar-refractivity contribution < 1.29 is 42.1 Å². The lowest BCUT2D eigenvalue weighted by Gasteiger charge is -2.43. The largest absolute Gasteiger partial charge is 0.463 e. The van der Waals surface area contributed by atoms with Gasteiger partial charge >= 0.3 is 17.9 Å². The van der Waals surface area contributed by atoms with Crippen molar-refractivity contribution in [3.8, 4) is 11.1 Å². The smallest absolute Gasteiger partial charge is 0.303 e. The van der Waals surface area contributed by atoms with Crippen molar-refractivity contribution in [3.63, 3.8) is 0 Å². The molecule has 0 amide bonds. The molecule has 1 fully saturated rings. The van der Waals surface area contributed by atoms with Crippen molar-refractivity contribution in [1.29, 1.82) is 0 Å². The van der Waals surface area contributed by atoms with Gasteiger partial charge in [0.2, 0.25) is 0 Å². The van der Waals surface area contributed by atoms with Gasteiger partial charge in [-0.2, -0.15) is 5.10 Å². The summed E-state index contributed by atoms with van der Waals surface area (Å²) in [6.45, 7) is 3.17. The Kier molecular flexibility index (Phi) is 8.11. The van der Waals surface area contributed by atoms with Gasteiger partial charge in [0.05, 0.1) is 6.20 Å². The van der Waals surface area contributed by atoms with Crippen LogP contribution in [0.4, 0.5) is 8.78 Å². The Balaban J connectivity index is 2.05. The zero-order valence-corrected chi connectivity index (χ0v) is 19.7. The molecule has 0 bridgehead atoms. The first kappa shape index (κ1) is 25.9. The molecule has 1 aromatic heterocycles. The van der Waals surface area contributed by atoms with Gasteiger partial charge in [0.1, 0.15) is 35.4 Å². The minimum Gasteiger partial charge on any atom is -0.463 e. The maximum atomic E-state index is 14.0. The summed E-state index contributed by atoms with van der Waals surface area (Å²) < 4.78 is 50.6. The van der Waals surface area contributed by atoms with Crippen LogP contribution >= 0.6 is 23.2 Å². The fourth-order valence-corrected chi connectivity index (χ4v) is 3.98. The molecule has 5 atom stereocenters. The summed E-state index contributed by atoms with van der Waals surface area (Å²) in [5.41, 5.74) is -0.823. The van der Waals surface area contributed by atoms with Crippen molar-refractivity contribution in [1.82, 2.24) is 9.78 Å². The number of ether oxygens (including phenoxy) is 4. The Morgan fingerprint density at radius 1 is 1.03 bits per heavy atom. The van der Waals surface area contributed by atoms with Gasteiger partial charge < -0.3 is 18.9 Å². The zero-order valence-electron chi connectivity index (χ0n) is 18.2. The number of esters is 3. The number of carbonyl (C=O) groups excluding carboxylic acids is 3. The molecular weight excluding hydrogens is 501 g/mol. The maximum absolute atomic E-state index is 14.0. The molecule has 0 spiro atoms. The molecule has 1 aliphatic rings. The molecule has 0 radical (unpaired) electrons. The normalized spacial score (nSPS) is 24.4. The molecule has 13 heteroatoms. The quantitative estimate of drug-likeness (QED) is 0.247. The lowest BCUT2D eigenvalue weighted by Crippen LogP contribution is -2.57. The third kappa shape index (κ3) is 5.83. The predicted octanol–water partition coefficient (Wildman–Crippen LogP) is 3.41. The third-order valence-electron chi connectivity index (χ3n) is 4.88. The van der Waals surface area contributed by atoms with Crippen LogP contribution in [0.2, 0.25) is 5.02 Å². The summed E-state index contributed by atoms with van der Waals surface area (Å²) in [5, 5.41) is 3.56. The van der Waals surface area contributed by atoms with Gasteiger partial charge in [-0.15, -0.1) is 0 Å². The van der Waals surface area contributed by atoms with Gasteiger partial charge in [-0.05, 0) is 17.7 Å². The van der Waals surface area contributed by atoms with E-state index in [1.165, 1.54) is 24.0 Å². The summed E-state index contributed by atoms with van der Waals surface area (Å²) in [5.74, 6) is -3.93. The molecule has 9 nitrogen and oxygen atoms in total. The van der Waals surface area contributed by atoms with Crippen LogP contribution in [0.3, 0.4) is 0 Å². The average Bonchev–Trinajstić information content (AvgIpc) is 3.22. The van der Waals surface area contributed by atoms with Crippen LogP contribution in [-0.2, 0) is 33.3 Å². The van der Waals surface area contributed by atoms with Crippen molar-refractivity contribution >= 4 is 41.1 Å². The summed E-state index contributed by atoms with van der Waals surface area (Å²) in [6.07, 6.45) is -0.689. The summed E-state index contributed by atoms with van der Waals surface area (Å²) in [7, 11) is 0. The van der Waals surface area contributed by atoms with Crippen molar-refractivity contribution in [2.75, 3.05) is 6.61 Å². The lowest BCUT2D eigenvalue weighted by atomic mass is 9.96. The first-order chi connectivity index (χ1) is 16.0. The zero-order chi connectivity index (χ0) is 25.2. The number of hydrogen-bond donors (Lipinski definition) is 0. The number of nitrogens with zero attached hydrogens (tertiary/aromatic N) is 2. The van der Waals surface area contributed by atoms with Crippen molar-refractivity contribution in [2.24, 2.45) is 0 Å². The summed E-state index contributed by atoms with van der Waals surface area (Å²) >= 11 is 11.9. The van der Waals surface area contributed by atoms with E-state index in [-0.39, 0.29) is 17.7 Å². The Morgan fingerprint density at radius 3 is 2.18 bits per heavy atom. The maximum Gasteiger partial charge on any atom is 0.303 e. The molecular formula is C21H20Cl2F2N2O7. The van der Waals surface area contributed by atoms with Crippen LogP contribution in [0.5, 0.6) is 0 Å². The van der Waals surface area contributed by atoms with E-state index in [0.717, 1.165) is 26.0 Å². The van der Waals surface area contributed by atoms with Crippen LogP contribution < -0.4 is 0 Å². The molecule has 0 aliphatic carbocycles. The average molecular weight is 521 g/mol. The minimum atomic E-state index is -1.24. The molecule has 3 rings (SSSR count). The Bertz CT molecular complexity index is 1070. The number of halogens is 4. The Labute approximate surface area is 202 Å². The number of hydrogen-bond acceptors (Lipinski definition) is 8. The van der Waals surface area contributed by atoms with E-state index >= 15 is 0 Å². The molecule has 3 unspecified atom stereocenters. The number of benzene rings is 1. The van der Waals surface area contributed by atoms with Crippen LogP contribution in [0.15, 0.2) is 24.5 Å². The molecule has 0 saturated carbocycles. The van der Waals surface area contributed by atoms with Gasteiger partial charge in [0.25, 0.3) is 0 Å². The second-order valence-electron chi connectivity index (χ2n) is 7.43. The third-order valence-corrected chi connectivity index (χ3v) is 5.59. The van der Waals surface area contributed by atoms with E-state index in [1.807, 2.05) is 0 Å². The minimum absolute atomic E-state index is 0.129. The van der Waals surface area contributed by atoms with E-state index < -0.39 is 64.5 Å². The van der Waals surface area contributed by atoms with E-state index in [4.69, 9.17) is 42.1 Å². The van der Waals surface area contributed by atoms with Crippen molar-refractivity contribution in [3.05, 3.63) is 41.2 Å². The highest BCUT2D eigenvalue weighted by Gasteiger charge is 2.51. The summed E-state index contributed by atoms with van der Waals surface area (Å²) in [6, 6.07) is 1.01. The van der Waals surface area contributed by atoms with Crippen molar-refractivity contribution in [2.45, 2.75) is 50.7 Å². The van der Waals surface area contributed by atoms with Gasteiger partial charge in [0, 0.05) is 32.5 Å². The molecule has 1 aromatic carbocycles. The summed E-state index contributed by atoms with van der Waals surface area (Å²) in [4.78, 5) is 34.9. The fourth-order valence-electron chi connectivity index (χ4n) is 3.54. The first-order valence-electron chi connectivity index (χ1n) is 9.94. The van der Waals surface area contributed by atoms with Crippen LogP contribution in [-0.4, -0.2) is 58.2 Å². The van der Waals surface area contributed by atoms with Crippen LogP contribution in [0.25, 0.3) is 11.1 Å². The van der Waals surface area contributed by atoms with E-state index in [9.17, 15) is 23.2 Å². The first-order valence-corrected chi connectivity index (χ1v) is 10.8. The standard InChI is InChI=1S/C21H20Cl2F2N2O7/c1-9(28)31-8-16-19(32-10(2)29)18(20(21(23)34-16)33-11(3)30)27-7-13(6-26-27)12-4-14(24)17(22)15(25)5-12/h4-7,16,18-21H,8H2,1-3H3/t16?,18?,19-,20?,21+/m0/s1. The van der Waals surface area contributed by atoms with Gasteiger partial charge in [-0.25, -0.2) is 8.78 Å². The highest BCUT2D eigenvalue weighted by Crippen LogP contribution is 2.37. The van der Waals surface area contributed by atoms with Gasteiger partial charge in [-0.3, -0.25) is 19.1 Å². The highest BCUT2D eigenvalue weighted by atomic mass is 35.5. The van der Waals surface area contributed by atoms with Crippen LogP contribution in [0, 0.1) is 11.6 Å². The van der Waals surface area contributed by atoms with Gasteiger partial charge in [0.15, 0.2) is 17.8 Å². The van der Waals surface area contributed by atoms with E-state index in [2.05, 4.69) is 5.10 Å².